The van der Waals surface area contributed by atoms with Gasteiger partial charge in [-0.05, 0) is 61.1 Å². The largest absolute Gasteiger partial charge is 0.334 e. The average molecular weight is 523 g/mol. The Hall–Kier alpha value is -2.82. The molecule has 34 heavy (non-hydrogen) atoms. The van der Waals surface area contributed by atoms with Crippen molar-refractivity contribution in [2.75, 3.05) is 6.54 Å². The third-order valence-corrected chi connectivity index (χ3v) is 7.49. The number of carbonyl (C=O) groups is 1. The van der Waals surface area contributed by atoms with Gasteiger partial charge in [-0.15, -0.1) is 0 Å². The molecule has 1 aliphatic rings. The van der Waals surface area contributed by atoms with E-state index in [1.54, 1.807) is 19.1 Å². The fourth-order valence-corrected chi connectivity index (χ4v) is 5.62. The van der Waals surface area contributed by atoms with Crippen molar-refractivity contribution in [1.82, 2.24) is 29.6 Å². The van der Waals surface area contributed by atoms with E-state index < -0.39 is 16.1 Å². The first-order chi connectivity index (χ1) is 16.1. The van der Waals surface area contributed by atoms with E-state index in [9.17, 15) is 13.2 Å². The zero-order valence-electron chi connectivity index (χ0n) is 18.7. The lowest BCUT2D eigenvalue weighted by Gasteiger charge is -2.18. The summed E-state index contributed by atoms with van der Waals surface area (Å²) in [7, 11) is -2.53. The first-order valence-corrected chi connectivity index (χ1v) is 12.9. The topological polar surface area (TPSA) is 111 Å². The maximum atomic E-state index is 12.5. The smallest absolute Gasteiger partial charge is 0.328 e. The maximum Gasteiger partial charge on any atom is 0.328 e. The first-order valence-electron chi connectivity index (χ1n) is 10.6. The van der Waals surface area contributed by atoms with Crippen molar-refractivity contribution in [3.05, 3.63) is 69.1 Å². The van der Waals surface area contributed by atoms with Crippen LogP contribution in [0.15, 0.2) is 41.6 Å². The lowest BCUT2D eigenvalue weighted by molar-refractivity contribution is 0.247. The Morgan fingerprint density at radius 1 is 1.24 bits per heavy atom. The van der Waals surface area contributed by atoms with Crippen LogP contribution in [0, 0.1) is 6.92 Å². The highest BCUT2D eigenvalue weighted by atomic mass is 35.5. The molecule has 0 radical (unpaired) electrons. The van der Waals surface area contributed by atoms with E-state index >= 15 is 0 Å². The molecule has 1 aliphatic carbocycles. The molecule has 4 rings (SSSR count). The number of rotatable bonds is 6. The summed E-state index contributed by atoms with van der Waals surface area (Å²) in [6, 6.07) is 5.96. The number of benzene rings is 1. The second-order valence-electron chi connectivity index (χ2n) is 8.06. The van der Waals surface area contributed by atoms with Crippen LogP contribution in [-0.2, 0) is 30.0 Å². The third kappa shape index (κ3) is 5.29. The van der Waals surface area contributed by atoms with Crippen LogP contribution in [0.2, 0.25) is 10.0 Å². The molecule has 2 aromatic heterocycles. The van der Waals surface area contributed by atoms with Gasteiger partial charge >= 0.3 is 6.03 Å². The van der Waals surface area contributed by atoms with Gasteiger partial charge in [0.25, 0.3) is 10.0 Å². The number of urea groups is 1. The van der Waals surface area contributed by atoms with Crippen molar-refractivity contribution in [3.8, 4) is 0 Å². The predicted molar refractivity (Wildman–Crippen MR) is 130 cm³/mol. The summed E-state index contributed by atoms with van der Waals surface area (Å²) in [5.41, 5.74) is 4.60. The molecule has 0 atom stereocenters. The number of halogens is 2. The normalized spacial score (nSPS) is 14.8. The summed E-state index contributed by atoms with van der Waals surface area (Å²) in [5, 5.41) is 12.2. The minimum Gasteiger partial charge on any atom is -0.334 e. The molecule has 0 aliphatic heterocycles. The molecule has 12 heteroatoms. The van der Waals surface area contributed by atoms with E-state index in [0.29, 0.717) is 22.3 Å². The Morgan fingerprint density at radius 2 is 2.03 bits per heavy atom. The summed E-state index contributed by atoms with van der Waals surface area (Å²) >= 11 is 12.3. The van der Waals surface area contributed by atoms with Crippen molar-refractivity contribution >= 4 is 44.8 Å². The monoisotopic (exact) mass is 522 g/mol. The van der Waals surface area contributed by atoms with Crippen LogP contribution in [0.4, 0.5) is 4.79 Å². The fourth-order valence-electron chi connectivity index (χ4n) is 4.01. The van der Waals surface area contributed by atoms with Crippen LogP contribution in [0.3, 0.4) is 0 Å². The van der Waals surface area contributed by atoms with E-state index in [0.717, 1.165) is 41.7 Å². The number of sulfonamides is 1. The summed E-state index contributed by atoms with van der Waals surface area (Å²) in [5.74, 6) is 0. The van der Waals surface area contributed by atoms with Crippen molar-refractivity contribution in [1.29, 1.82) is 0 Å². The number of carbonyl (C=O) groups excluding carboxylic acids is 1. The Labute approximate surface area is 207 Å². The standard InChI is InChI=1S/C22H24Cl2N6O3S/c1-14-10-20(29(2)27-14)34(32,33)28-22(31)25-9-8-15-4-3-5-16-12-26-30(21(15)16)13-17-6-7-18(23)11-19(17)24/h6-8,10-12H,3-5,9,13H2,1-2H3,(H2,25,28,31)/b15-8+. The Balaban J connectivity index is 1.45. The lowest BCUT2D eigenvalue weighted by atomic mass is 9.92. The summed E-state index contributed by atoms with van der Waals surface area (Å²) < 4.78 is 30.0. The molecule has 9 nitrogen and oxygen atoms in total. The number of hydrogen-bond donors (Lipinski definition) is 2. The van der Waals surface area contributed by atoms with Gasteiger partial charge in [0.05, 0.1) is 24.1 Å². The van der Waals surface area contributed by atoms with E-state index in [1.165, 1.54) is 17.8 Å². The number of nitrogens with zero attached hydrogens (tertiary/aromatic N) is 4. The van der Waals surface area contributed by atoms with Crippen LogP contribution in [-0.4, -0.2) is 40.6 Å². The number of nitrogens with one attached hydrogen (secondary N) is 2. The molecular weight excluding hydrogens is 499 g/mol. The highest BCUT2D eigenvalue weighted by Gasteiger charge is 2.23. The van der Waals surface area contributed by atoms with Gasteiger partial charge in [0.15, 0.2) is 5.03 Å². The van der Waals surface area contributed by atoms with Crippen molar-refractivity contribution in [3.63, 3.8) is 0 Å². The van der Waals surface area contributed by atoms with Gasteiger partial charge in [0, 0.05) is 23.6 Å². The van der Waals surface area contributed by atoms with E-state index in [2.05, 4.69) is 15.5 Å². The summed E-state index contributed by atoms with van der Waals surface area (Å²) in [4.78, 5) is 12.3. The van der Waals surface area contributed by atoms with E-state index in [1.807, 2.05) is 27.7 Å². The molecule has 0 saturated carbocycles. The van der Waals surface area contributed by atoms with Crippen molar-refractivity contribution in [2.24, 2.45) is 7.05 Å². The molecule has 2 heterocycles. The molecule has 180 valence electrons. The average Bonchev–Trinajstić information content (AvgIpc) is 3.33. The number of aryl methyl sites for hydroxylation is 3. The minimum absolute atomic E-state index is 0.0832. The second kappa shape index (κ2) is 9.81. The van der Waals surface area contributed by atoms with Crippen LogP contribution < -0.4 is 10.0 Å². The molecular formula is C22H24Cl2N6O3S. The van der Waals surface area contributed by atoms with Gasteiger partial charge in [-0.1, -0.05) is 35.3 Å². The molecule has 0 unspecified atom stereocenters. The quantitative estimate of drug-likeness (QED) is 0.512. The number of fused-ring (bicyclic) bond motifs is 1. The molecule has 0 spiro atoms. The van der Waals surface area contributed by atoms with E-state index in [4.69, 9.17) is 23.2 Å². The molecule has 0 bridgehead atoms. The Morgan fingerprint density at radius 3 is 2.74 bits per heavy atom. The minimum atomic E-state index is -4.03. The Bertz CT molecular complexity index is 1380. The fraction of sp³-hybridized carbons (Fsp3) is 0.318. The van der Waals surface area contributed by atoms with Crippen LogP contribution in [0.1, 0.15) is 35.4 Å². The summed E-state index contributed by atoms with van der Waals surface area (Å²) in [6.45, 7) is 2.32. The molecule has 1 aromatic carbocycles. The third-order valence-electron chi connectivity index (χ3n) is 5.52. The first kappa shape index (κ1) is 24.3. The van der Waals surface area contributed by atoms with Gasteiger partial charge in [-0.3, -0.25) is 9.36 Å². The van der Waals surface area contributed by atoms with Crippen LogP contribution in [0.5, 0.6) is 0 Å². The van der Waals surface area contributed by atoms with Crippen molar-refractivity contribution < 1.29 is 13.2 Å². The van der Waals surface area contributed by atoms with Gasteiger partial charge in [0.1, 0.15) is 0 Å². The zero-order chi connectivity index (χ0) is 24.5. The molecule has 3 aromatic rings. The SMILES string of the molecule is Cc1cc(S(=O)(=O)NC(=O)NC/C=C2\CCCc3cnn(Cc4ccc(Cl)cc4Cl)c32)n(C)n1. The lowest BCUT2D eigenvalue weighted by Crippen LogP contribution is -2.40. The molecule has 0 fully saturated rings. The van der Waals surface area contributed by atoms with Crippen molar-refractivity contribution in [2.45, 2.75) is 37.8 Å². The number of allylic oxidation sites excluding steroid dienone is 1. The van der Waals surface area contributed by atoms with E-state index in [-0.39, 0.29) is 11.6 Å². The summed E-state index contributed by atoms with van der Waals surface area (Å²) in [6.07, 6.45) is 6.45. The van der Waals surface area contributed by atoms with Crippen LogP contribution in [0.25, 0.3) is 5.57 Å². The van der Waals surface area contributed by atoms with Gasteiger partial charge in [-0.2, -0.15) is 18.6 Å². The highest BCUT2D eigenvalue weighted by Crippen LogP contribution is 2.31. The number of amides is 2. The number of hydrogen-bond acceptors (Lipinski definition) is 5. The van der Waals surface area contributed by atoms with Gasteiger partial charge < -0.3 is 5.32 Å². The predicted octanol–water partition coefficient (Wildman–Crippen LogP) is 3.69. The van der Waals surface area contributed by atoms with Gasteiger partial charge in [-0.25, -0.2) is 9.52 Å². The zero-order valence-corrected chi connectivity index (χ0v) is 21.0. The second-order valence-corrected chi connectivity index (χ2v) is 10.5. The molecule has 2 amide bonds. The Kier molecular flexibility index (Phi) is 7.01. The van der Waals surface area contributed by atoms with Gasteiger partial charge in [0.2, 0.25) is 0 Å². The highest BCUT2D eigenvalue weighted by molar-refractivity contribution is 7.90. The maximum absolute atomic E-state index is 12.5. The molecule has 0 saturated heterocycles. The van der Waals surface area contributed by atoms with Crippen LogP contribution >= 0.6 is 23.2 Å². The molecule has 2 N–H and O–H groups in total. The number of aromatic nitrogens is 4.